The summed E-state index contributed by atoms with van der Waals surface area (Å²) in [7, 11) is 0. The highest BCUT2D eigenvalue weighted by atomic mass is 16.3. The van der Waals surface area contributed by atoms with Crippen LogP contribution < -0.4 is 0 Å². The molecular weight excluding hydrogens is 562 g/mol. The predicted octanol–water partition coefficient (Wildman–Crippen LogP) is 11.1. The molecule has 0 aliphatic rings. The van der Waals surface area contributed by atoms with E-state index >= 15 is 0 Å². The van der Waals surface area contributed by atoms with Crippen LogP contribution in [0.3, 0.4) is 0 Å². The normalized spacial score (nSPS) is 11.9. The zero-order chi connectivity index (χ0) is 30.2. The van der Waals surface area contributed by atoms with Crippen molar-refractivity contribution in [1.29, 1.82) is 0 Å². The Morgan fingerprint density at radius 3 is 2.22 bits per heavy atom. The van der Waals surface area contributed by atoms with Crippen molar-refractivity contribution in [2.45, 2.75) is 0 Å². The lowest BCUT2D eigenvalue weighted by Gasteiger charge is -2.13. The smallest absolute Gasteiger partial charge is 0.143 e. The van der Waals surface area contributed by atoms with Gasteiger partial charge in [0.05, 0.1) is 27.8 Å². The SMILES string of the molecule is c1cc(-n2c3ccccc3c3cc(-c4ccc(-c5cccc6c5oc5ccccc56)cc4)ccc32)c2c(c1)cnc1cccnc12. The number of hydrogen-bond acceptors (Lipinski definition) is 3. The molecule has 0 saturated carbocycles. The fraction of sp³-hybridized carbons (Fsp3) is 0. The van der Waals surface area contributed by atoms with Gasteiger partial charge in [-0.3, -0.25) is 9.97 Å². The van der Waals surface area contributed by atoms with Gasteiger partial charge in [0.25, 0.3) is 0 Å². The molecule has 4 heterocycles. The molecule has 4 nitrogen and oxygen atoms in total. The minimum absolute atomic E-state index is 0.894. The number of rotatable bonds is 3. The number of benzene rings is 6. The number of fused-ring (bicyclic) bond motifs is 9. The highest BCUT2D eigenvalue weighted by molar-refractivity contribution is 6.14. The number of hydrogen-bond donors (Lipinski definition) is 0. The predicted molar refractivity (Wildman–Crippen MR) is 190 cm³/mol. The third-order valence-electron chi connectivity index (χ3n) is 9.29. The van der Waals surface area contributed by atoms with Gasteiger partial charge in [-0.25, -0.2) is 0 Å². The van der Waals surface area contributed by atoms with Crippen LogP contribution in [-0.4, -0.2) is 14.5 Å². The first-order chi connectivity index (χ1) is 22.8. The summed E-state index contributed by atoms with van der Waals surface area (Å²) in [5.74, 6) is 0. The second kappa shape index (κ2) is 9.62. The van der Waals surface area contributed by atoms with Crippen molar-refractivity contribution >= 4 is 65.6 Å². The van der Waals surface area contributed by atoms with Crippen LogP contribution >= 0.6 is 0 Å². The van der Waals surface area contributed by atoms with Crippen LogP contribution in [0.5, 0.6) is 0 Å². The fourth-order valence-electron chi connectivity index (χ4n) is 7.17. The Balaban J connectivity index is 1.13. The van der Waals surface area contributed by atoms with E-state index in [4.69, 9.17) is 9.40 Å². The maximum atomic E-state index is 6.32. The van der Waals surface area contributed by atoms with E-state index in [1.165, 1.54) is 21.9 Å². The van der Waals surface area contributed by atoms with Crippen LogP contribution in [0.25, 0.3) is 93.5 Å². The van der Waals surface area contributed by atoms with E-state index in [1.807, 2.05) is 36.7 Å². The van der Waals surface area contributed by atoms with Crippen molar-refractivity contribution in [3.05, 3.63) is 152 Å². The Labute approximate surface area is 263 Å². The van der Waals surface area contributed by atoms with Gasteiger partial charge in [0.1, 0.15) is 11.2 Å². The Morgan fingerprint density at radius 2 is 1.28 bits per heavy atom. The number of aromatic nitrogens is 3. The standard InChI is InChI=1S/C42H25N3O/c1-3-14-36-31(9-1)34-24-28(21-22-37(34)45(36)38-15-5-8-29-25-44-35-13-7-23-43-41(35)40(29)38)26-17-19-27(20-18-26)30-11-6-12-33-32-10-2-4-16-39(32)46-42(30)33/h1-25H. The van der Waals surface area contributed by atoms with Crippen molar-refractivity contribution < 1.29 is 4.42 Å². The zero-order valence-electron chi connectivity index (χ0n) is 24.7. The van der Waals surface area contributed by atoms with E-state index in [9.17, 15) is 0 Å². The van der Waals surface area contributed by atoms with Crippen LogP contribution in [0.4, 0.5) is 0 Å². The van der Waals surface area contributed by atoms with Gasteiger partial charge in [0.2, 0.25) is 0 Å². The summed E-state index contributed by atoms with van der Waals surface area (Å²) in [6.45, 7) is 0. The molecule has 0 aliphatic carbocycles. The highest BCUT2D eigenvalue weighted by Crippen LogP contribution is 2.39. The minimum atomic E-state index is 0.894. The molecule has 6 aromatic carbocycles. The van der Waals surface area contributed by atoms with Gasteiger partial charge in [0.15, 0.2) is 0 Å². The summed E-state index contributed by atoms with van der Waals surface area (Å²) < 4.78 is 8.70. The molecular formula is C42H25N3O. The Morgan fingerprint density at radius 1 is 0.522 bits per heavy atom. The molecule has 214 valence electrons. The second-order valence-corrected chi connectivity index (χ2v) is 11.8. The molecule has 10 rings (SSSR count). The summed E-state index contributed by atoms with van der Waals surface area (Å²) in [4.78, 5) is 9.44. The van der Waals surface area contributed by atoms with Gasteiger partial charge in [-0.1, -0.05) is 97.1 Å². The van der Waals surface area contributed by atoms with Crippen LogP contribution in [-0.2, 0) is 0 Å². The van der Waals surface area contributed by atoms with E-state index in [1.54, 1.807) is 0 Å². The van der Waals surface area contributed by atoms with Crippen LogP contribution in [0.1, 0.15) is 0 Å². The fourth-order valence-corrected chi connectivity index (χ4v) is 7.17. The van der Waals surface area contributed by atoms with Crippen molar-refractivity contribution in [1.82, 2.24) is 14.5 Å². The van der Waals surface area contributed by atoms with E-state index in [-0.39, 0.29) is 0 Å². The molecule has 0 N–H and O–H groups in total. The third kappa shape index (κ3) is 3.61. The van der Waals surface area contributed by atoms with Crippen LogP contribution in [0, 0.1) is 0 Å². The first-order valence-electron chi connectivity index (χ1n) is 15.5. The molecule has 4 aromatic heterocycles. The quantitative estimate of drug-likeness (QED) is 0.193. The van der Waals surface area contributed by atoms with Gasteiger partial charge in [-0.05, 0) is 59.2 Å². The lowest BCUT2D eigenvalue weighted by molar-refractivity contribution is 0.670. The molecule has 0 fully saturated rings. The number of pyridine rings is 2. The van der Waals surface area contributed by atoms with E-state index in [0.717, 1.165) is 71.6 Å². The summed E-state index contributed by atoms with van der Waals surface area (Å²) in [6.07, 6.45) is 3.80. The van der Waals surface area contributed by atoms with Gasteiger partial charge < -0.3 is 8.98 Å². The summed E-state index contributed by atoms with van der Waals surface area (Å²) >= 11 is 0. The first kappa shape index (κ1) is 25.1. The molecule has 0 saturated heterocycles. The first-order valence-corrected chi connectivity index (χ1v) is 15.5. The number of para-hydroxylation sites is 3. The Bertz CT molecular complexity index is 2810. The molecule has 0 spiro atoms. The minimum Gasteiger partial charge on any atom is -0.455 e. The molecule has 0 bridgehead atoms. The monoisotopic (exact) mass is 587 g/mol. The third-order valence-corrected chi connectivity index (χ3v) is 9.29. The van der Waals surface area contributed by atoms with E-state index < -0.39 is 0 Å². The van der Waals surface area contributed by atoms with Gasteiger partial charge in [-0.2, -0.15) is 0 Å². The van der Waals surface area contributed by atoms with Crippen molar-refractivity contribution in [3.8, 4) is 27.9 Å². The van der Waals surface area contributed by atoms with Gasteiger partial charge >= 0.3 is 0 Å². The average Bonchev–Trinajstić information content (AvgIpc) is 3.67. The van der Waals surface area contributed by atoms with Crippen molar-refractivity contribution in [3.63, 3.8) is 0 Å². The molecule has 0 unspecified atom stereocenters. The average molecular weight is 588 g/mol. The van der Waals surface area contributed by atoms with Gasteiger partial charge in [0, 0.05) is 50.3 Å². The van der Waals surface area contributed by atoms with E-state index in [0.29, 0.717) is 0 Å². The van der Waals surface area contributed by atoms with Crippen molar-refractivity contribution in [2.24, 2.45) is 0 Å². The van der Waals surface area contributed by atoms with Crippen LogP contribution in [0.2, 0.25) is 0 Å². The largest absolute Gasteiger partial charge is 0.455 e. The molecule has 10 aromatic rings. The van der Waals surface area contributed by atoms with Gasteiger partial charge in [-0.15, -0.1) is 0 Å². The Kier molecular flexibility index (Phi) is 5.25. The lowest BCUT2D eigenvalue weighted by atomic mass is 9.98. The molecule has 46 heavy (non-hydrogen) atoms. The molecule has 0 amide bonds. The molecule has 0 atom stereocenters. The second-order valence-electron chi connectivity index (χ2n) is 11.8. The summed E-state index contributed by atoms with van der Waals surface area (Å²) in [5.41, 5.74) is 11.7. The number of nitrogens with zero attached hydrogens (tertiary/aromatic N) is 3. The lowest BCUT2D eigenvalue weighted by Crippen LogP contribution is -1.97. The molecule has 0 aliphatic heterocycles. The maximum Gasteiger partial charge on any atom is 0.143 e. The summed E-state index contributed by atoms with van der Waals surface area (Å²) in [6, 6.07) is 49.3. The molecule has 0 radical (unpaired) electrons. The Hall–Kier alpha value is -6.26. The zero-order valence-corrected chi connectivity index (χ0v) is 24.7. The maximum absolute atomic E-state index is 6.32. The number of furan rings is 1. The van der Waals surface area contributed by atoms with E-state index in [2.05, 4.69) is 125 Å². The van der Waals surface area contributed by atoms with Crippen molar-refractivity contribution in [2.75, 3.05) is 0 Å². The van der Waals surface area contributed by atoms with Crippen LogP contribution in [0.15, 0.2) is 156 Å². The topological polar surface area (TPSA) is 43.9 Å². The molecule has 4 heteroatoms. The summed E-state index contributed by atoms with van der Waals surface area (Å²) in [5, 5.41) is 6.90. The highest BCUT2D eigenvalue weighted by Gasteiger charge is 2.17.